The molecule has 1 aliphatic heterocycles. The highest BCUT2D eigenvalue weighted by molar-refractivity contribution is 6.44. The number of hydrogen-bond acceptors (Lipinski definition) is 7. The van der Waals surface area contributed by atoms with Crippen LogP contribution >= 0.6 is 0 Å². The highest BCUT2D eigenvalue weighted by Gasteiger charge is 2.21. The molecule has 1 fully saturated rings. The molecule has 0 aliphatic carbocycles. The topological polar surface area (TPSA) is 107 Å². The van der Waals surface area contributed by atoms with Crippen LogP contribution in [0.3, 0.4) is 0 Å². The van der Waals surface area contributed by atoms with E-state index < -0.39 is 11.7 Å². The molecule has 1 aliphatic rings. The van der Waals surface area contributed by atoms with Crippen LogP contribution in [0.4, 0.5) is 11.9 Å². The Balaban J connectivity index is 1.50. The van der Waals surface area contributed by atoms with Crippen LogP contribution in [0.15, 0.2) is 30.5 Å². The maximum Gasteiger partial charge on any atom is 0.292 e. The minimum absolute atomic E-state index is 0.0527. The van der Waals surface area contributed by atoms with Gasteiger partial charge in [-0.1, -0.05) is 18.2 Å². The maximum atomic E-state index is 12.6. The summed E-state index contributed by atoms with van der Waals surface area (Å²) in [5, 5.41) is 3.38. The second-order valence-corrected chi connectivity index (χ2v) is 7.55. The molecule has 0 radical (unpaired) electrons. The number of amides is 1. The van der Waals surface area contributed by atoms with E-state index in [1.165, 1.54) is 6.42 Å². The van der Waals surface area contributed by atoms with Crippen LogP contribution in [0, 0.1) is 0 Å². The van der Waals surface area contributed by atoms with Gasteiger partial charge in [0.15, 0.2) is 5.82 Å². The lowest BCUT2D eigenvalue weighted by molar-refractivity contribution is -0.117. The summed E-state index contributed by atoms with van der Waals surface area (Å²) >= 11 is 0. The number of hydrogen-bond donors (Lipinski definition) is 2. The third-order valence-electron chi connectivity index (χ3n) is 5.14. The molecule has 1 amide bonds. The van der Waals surface area contributed by atoms with E-state index in [-0.39, 0.29) is 6.54 Å². The number of rotatable bonds is 6. The Bertz CT molecular complexity index is 1070. The van der Waals surface area contributed by atoms with Crippen LogP contribution in [0.1, 0.15) is 35.4 Å². The van der Waals surface area contributed by atoms with Crippen molar-refractivity contribution in [1.29, 1.82) is 0 Å². The van der Waals surface area contributed by atoms with E-state index in [9.17, 15) is 9.59 Å². The minimum atomic E-state index is -0.689. The molecule has 1 saturated heterocycles. The number of nitrogens with zero attached hydrogens (tertiary/aromatic N) is 5. The van der Waals surface area contributed by atoms with Gasteiger partial charge in [-0.05, 0) is 25.3 Å². The van der Waals surface area contributed by atoms with Crippen molar-refractivity contribution in [3.63, 3.8) is 0 Å². The van der Waals surface area contributed by atoms with Gasteiger partial charge in [-0.3, -0.25) is 9.59 Å². The number of ketones is 1. The molecule has 2 aromatic heterocycles. The van der Waals surface area contributed by atoms with Crippen molar-refractivity contribution in [1.82, 2.24) is 25.3 Å². The lowest BCUT2D eigenvalue weighted by Gasteiger charge is -2.27. The van der Waals surface area contributed by atoms with Gasteiger partial charge in [0.25, 0.3) is 11.7 Å². The Hall–Kier alpha value is -3.49. The predicted molar refractivity (Wildman–Crippen MR) is 115 cm³/mol. The van der Waals surface area contributed by atoms with Crippen molar-refractivity contribution in [2.24, 2.45) is 0 Å². The van der Waals surface area contributed by atoms with Crippen molar-refractivity contribution in [2.45, 2.75) is 25.8 Å². The zero-order chi connectivity index (χ0) is 21.1. The van der Waals surface area contributed by atoms with E-state index in [0.717, 1.165) is 36.8 Å². The summed E-state index contributed by atoms with van der Waals surface area (Å²) in [5.74, 6) is 0.282. The molecule has 3 heterocycles. The first kappa shape index (κ1) is 19.8. The summed E-state index contributed by atoms with van der Waals surface area (Å²) in [6, 6.07) is 7.38. The molecule has 1 aromatic carbocycles. The lowest BCUT2D eigenvalue weighted by Crippen LogP contribution is -2.34. The first-order chi connectivity index (χ1) is 14.5. The summed E-state index contributed by atoms with van der Waals surface area (Å²) in [4.78, 5) is 45.6. The van der Waals surface area contributed by atoms with Gasteiger partial charge in [-0.15, -0.1) is 0 Å². The standard InChI is InChI=1S/C21H25N7O2/c1-27(2)20-24-17(25-21(26-20)28-10-6-3-7-11-28)13-23-19(30)18(29)15-12-22-16-9-5-4-8-14(15)16/h4-5,8-9,12,22H,3,6-7,10-11,13H2,1-2H3,(H,23,30). The van der Waals surface area contributed by atoms with Gasteiger partial charge in [-0.2, -0.15) is 15.0 Å². The molecule has 9 heteroatoms. The number of nitrogens with one attached hydrogen (secondary N) is 2. The molecule has 9 nitrogen and oxygen atoms in total. The first-order valence-corrected chi connectivity index (χ1v) is 10.1. The van der Waals surface area contributed by atoms with Gasteiger partial charge in [0, 0.05) is 44.3 Å². The molecule has 0 saturated carbocycles. The second kappa shape index (κ2) is 8.48. The maximum absolute atomic E-state index is 12.6. The number of Topliss-reactive ketones (excluding diaryl/α,β-unsaturated/α-hetero) is 1. The van der Waals surface area contributed by atoms with Crippen molar-refractivity contribution < 1.29 is 9.59 Å². The largest absolute Gasteiger partial charge is 0.360 e. The van der Waals surface area contributed by atoms with Crippen LogP contribution in [0.25, 0.3) is 10.9 Å². The smallest absolute Gasteiger partial charge is 0.292 e. The zero-order valence-electron chi connectivity index (χ0n) is 17.2. The fourth-order valence-electron chi connectivity index (χ4n) is 3.53. The number of para-hydroxylation sites is 1. The van der Waals surface area contributed by atoms with Crippen molar-refractivity contribution >= 4 is 34.5 Å². The number of fused-ring (bicyclic) bond motifs is 1. The number of anilines is 2. The van der Waals surface area contributed by atoms with Gasteiger partial charge in [-0.25, -0.2) is 0 Å². The normalized spacial score (nSPS) is 14.0. The minimum Gasteiger partial charge on any atom is -0.360 e. The lowest BCUT2D eigenvalue weighted by atomic mass is 10.1. The van der Waals surface area contributed by atoms with Crippen molar-refractivity contribution in [3.8, 4) is 0 Å². The SMILES string of the molecule is CN(C)c1nc(CNC(=O)C(=O)c2c[nH]c3ccccc23)nc(N2CCCCC2)n1. The van der Waals surface area contributed by atoms with Crippen molar-refractivity contribution in [2.75, 3.05) is 37.0 Å². The average molecular weight is 407 g/mol. The molecule has 2 N–H and O–H groups in total. The zero-order valence-corrected chi connectivity index (χ0v) is 17.2. The molecule has 0 unspecified atom stereocenters. The van der Waals surface area contributed by atoms with Crippen molar-refractivity contribution in [3.05, 3.63) is 41.9 Å². The fourth-order valence-corrected chi connectivity index (χ4v) is 3.53. The van der Waals surface area contributed by atoms with E-state index in [1.54, 1.807) is 11.1 Å². The van der Waals surface area contributed by atoms with E-state index >= 15 is 0 Å². The Labute approximate surface area is 174 Å². The highest BCUT2D eigenvalue weighted by atomic mass is 16.2. The Morgan fingerprint density at radius 1 is 1.10 bits per heavy atom. The fraction of sp³-hybridized carbons (Fsp3) is 0.381. The number of aromatic amines is 1. The van der Waals surface area contributed by atoms with E-state index in [2.05, 4.69) is 30.2 Å². The van der Waals surface area contributed by atoms with Crippen LogP contribution < -0.4 is 15.1 Å². The number of carbonyl (C=O) groups is 2. The van der Waals surface area contributed by atoms with Gasteiger partial charge >= 0.3 is 0 Å². The van der Waals surface area contributed by atoms with Gasteiger partial charge in [0.2, 0.25) is 11.9 Å². The van der Waals surface area contributed by atoms with E-state index in [0.29, 0.717) is 23.3 Å². The molecule has 0 spiro atoms. The molecule has 4 rings (SSSR count). The Morgan fingerprint density at radius 3 is 2.63 bits per heavy atom. The molecular formula is C21H25N7O2. The number of aromatic nitrogens is 4. The summed E-state index contributed by atoms with van der Waals surface area (Å²) in [7, 11) is 3.72. The molecule has 0 bridgehead atoms. The molecular weight excluding hydrogens is 382 g/mol. The van der Waals surface area contributed by atoms with Gasteiger partial charge in [0.05, 0.1) is 12.1 Å². The third kappa shape index (κ3) is 4.10. The third-order valence-corrected chi connectivity index (χ3v) is 5.14. The van der Waals surface area contributed by atoms with E-state index in [1.807, 2.05) is 38.4 Å². The molecule has 0 atom stereocenters. The summed E-state index contributed by atoms with van der Waals surface area (Å²) in [6.07, 6.45) is 4.98. The molecule has 3 aromatic rings. The van der Waals surface area contributed by atoms with Crippen LogP contribution in [-0.4, -0.2) is 58.8 Å². The second-order valence-electron chi connectivity index (χ2n) is 7.55. The van der Waals surface area contributed by atoms with Crippen LogP contribution in [0.5, 0.6) is 0 Å². The Morgan fingerprint density at radius 2 is 1.87 bits per heavy atom. The highest BCUT2D eigenvalue weighted by Crippen LogP contribution is 2.19. The van der Waals surface area contributed by atoms with E-state index in [4.69, 9.17) is 0 Å². The number of benzene rings is 1. The van der Waals surface area contributed by atoms with Crippen LogP contribution in [-0.2, 0) is 11.3 Å². The first-order valence-electron chi connectivity index (χ1n) is 10.1. The number of H-pyrrole nitrogens is 1. The average Bonchev–Trinajstić information content (AvgIpc) is 3.21. The monoisotopic (exact) mass is 407 g/mol. The quantitative estimate of drug-likeness (QED) is 0.475. The summed E-state index contributed by atoms with van der Waals surface area (Å²) in [6.45, 7) is 1.86. The molecule has 30 heavy (non-hydrogen) atoms. The summed E-state index contributed by atoms with van der Waals surface area (Å²) < 4.78 is 0. The molecule has 156 valence electrons. The van der Waals surface area contributed by atoms with Crippen LogP contribution in [0.2, 0.25) is 0 Å². The van der Waals surface area contributed by atoms with Gasteiger partial charge < -0.3 is 20.1 Å². The van der Waals surface area contributed by atoms with Gasteiger partial charge in [0.1, 0.15) is 0 Å². The predicted octanol–water partition coefficient (Wildman–Crippen LogP) is 1.91. The summed E-state index contributed by atoms with van der Waals surface area (Å²) in [5.41, 5.74) is 1.16. The number of piperidine rings is 1. The number of carbonyl (C=O) groups excluding carboxylic acids is 2. The Kier molecular flexibility index (Phi) is 5.60.